The minimum absolute atomic E-state index is 0. The quantitative estimate of drug-likeness (QED) is 0.506. The molecule has 0 fully saturated rings. The standard InChI is InChI=1S/C20H31NO4.ClH/c1-14(2)12-16-8-10-17(11-9-16)20(4,19(23)24)18(25-15(3)22)13-21(5,6)7;/h8-11,14,18H,12-13H2,1-7H3;1H. The Balaban J connectivity index is 0.00000625. The van der Waals surface area contributed by atoms with Crippen LogP contribution in [0.5, 0.6) is 0 Å². The number of halogens is 1. The summed E-state index contributed by atoms with van der Waals surface area (Å²) in [6.45, 7) is 7.50. The average molecular weight is 386 g/mol. The minimum Gasteiger partial charge on any atom is -0.549 e. The summed E-state index contributed by atoms with van der Waals surface area (Å²) < 4.78 is 5.89. The molecule has 0 saturated heterocycles. The zero-order valence-electron chi connectivity index (χ0n) is 16.9. The van der Waals surface area contributed by atoms with Crippen molar-refractivity contribution in [3.05, 3.63) is 35.4 Å². The van der Waals surface area contributed by atoms with Crippen molar-refractivity contribution >= 4 is 24.3 Å². The molecule has 0 heterocycles. The van der Waals surface area contributed by atoms with Crippen molar-refractivity contribution in [1.82, 2.24) is 0 Å². The Bertz CT molecular complexity index is 607. The highest BCUT2D eigenvalue weighted by atomic mass is 35.5. The van der Waals surface area contributed by atoms with E-state index in [1.54, 1.807) is 19.1 Å². The summed E-state index contributed by atoms with van der Waals surface area (Å²) in [7, 11) is 5.79. The SMILES string of the molecule is CC(=O)OC(C[N+](C)(C)C)C(C)(C(=O)[O-])c1ccc(CC(C)C)cc1.Cl. The molecule has 2 unspecified atom stereocenters. The van der Waals surface area contributed by atoms with E-state index >= 15 is 0 Å². The van der Waals surface area contributed by atoms with E-state index in [0.717, 1.165) is 12.0 Å². The molecule has 5 nitrogen and oxygen atoms in total. The number of carbonyl (C=O) groups excluding carboxylic acids is 2. The van der Waals surface area contributed by atoms with E-state index in [2.05, 4.69) is 13.8 Å². The maximum Gasteiger partial charge on any atom is 0.303 e. The molecule has 0 aliphatic carbocycles. The predicted molar refractivity (Wildman–Crippen MR) is 103 cm³/mol. The highest BCUT2D eigenvalue weighted by Gasteiger charge is 2.43. The summed E-state index contributed by atoms with van der Waals surface area (Å²) in [5.41, 5.74) is 0.308. The first-order chi connectivity index (χ1) is 11.4. The molecule has 1 rings (SSSR count). The molecule has 148 valence electrons. The van der Waals surface area contributed by atoms with Crippen LogP contribution in [0.1, 0.15) is 38.8 Å². The predicted octanol–water partition coefficient (Wildman–Crippen LogP) is 1.95. The van der Waals surface area contributed by atoms with Gasteiger partial charge in [-0.3, -0.25) is 4.79 Å². The zero-order chi connectivity index (χ0) is 19.4. The number of hydrogen-bond donors (Lipinski definition) is 0. The molecular weight excluding hydrogens is 354 g/mol. The summed E-state index contributed by atoms with van der Waals surface area (Å²) in [6, 6.07) is 7.49. The summed E-state index contributed by atoms with van der Waals surface area (Å²) in [5.74, 6) is -1.23. The Morgan fingerprint density at radius 1 is 1.15 bits per heavy atom. The summed E-state index contributed by atoms with van der Waals surface area (Å²) in [4.78, 5) is 23.7. The lowest BCUT2D eigenvalue weighted by Gasteiger charge is -2.41. The topological polar surface area (TPSA) is 66.4 Å². The fraction of sp³-hybridized carbons (Fsp3) is 0.600. The van der Waals surface area contributed by atoms with Gasteiger partial charge in [-0.15, -0.1) is 12.4 Å². The molecule has 0 radical (unpaired) electrons. The monoisotopic (exact) mass is 385 g/mol. The van der Waals surface area contributed by atoms with Gasteiger partial charge in [-0.2, -0.15) is 0 Å². The van der Waals surface area contributed by atoms with Crippen molar-refractivity contribution in [3.8, 4) is 0 Å². The van der Waals surface area contributed by atoms with Crippen LogP contribution in [0.3, 0.4) is 0 Å². The van der Waals surface area contributed by atoms with Crippen LogP contribution in [0.4, 0.5) is 0 Å². The van der Waals surface area contributed by atoms with Crippen molar-refractivity contribution in [2.24, 2.45) is 5.92 Å². The normalized spacial score (nSPS) is 14.9. The van der Waals surface area contributed by atoms with E-state index < -0.39 is 23.5 Å². The second kappa shape index (κ2) is 9.38. The van der Waals surface area contributed by atoms with Crippen molar-refractivity contribution in [1.29, 1.82) is 0 Å². The molecule has 0 aliphatic rings. The van der Waals surface area contributed by atoms with Crippen LogP contribution in [-0.2, 0) is 26.2 Å². The van der Waals surface area contributed by atoms with Crippen LogP contribution in [0, 0.1) is 5.92 Å². The van der Waals surface area contributed by atoms with Crippen LogP contribution in [0.25, 0.3) is 0 Å². The van der Waals surface area contributed by atoms with Gasteiger partial charge >= 0.3 is 5.97 Å². The van der Waals surface area contributed by atoms with Crippen molar-refractivity contribution < 1.29 is 23.9 Å². The van der Waals surface area contributed by atoms with Gasteiger partial charge in [0.05, 0.1) is 32.5 Å². The molecule has 0 spiro atoms. The number of ether oxygens (including phenoxy) is 1. The Kier molecular flexibility index (Phi) is 8.80. The van der Waals surface area contributed by atoms with Gasteiger partial charge in [-0.05, 0) is 30.4 Å². The van der Waals surface area contributed by atoms with E-state index in [4.69, 9.17) is 4.74 Å². The zero-order valence-corrected chi connectivity index (χ0v) is 17.7. The van der Waals surface area contributed by atoms with Crippen molar-refractivity contribution in [2.75, 3.05) is 27.7 Å². The molecule has 0 bridgehead atoms. The number of hydrogen-bond acceptors (Lipinski definition) is 4. The summed E-state index contributed by atoms with van der Waals surface area (Å²) in [6.07, 6.45) is 0.0973. The first kappa shape index (κ1) is 24.4. The number of carboxylic acids is 1. The molecule has 0 aliphatic heterocycles. The number of benzene rings is 1. The van der Waals surface area contributed by atoms with Crippen molar-refractivity contribution in [3.63, 3.8) is 0 Å². The lowest BCUT2D eigenvalue weighted by molar-refractivity contribution is -0.873. The van der Waals surface area contributed by atoms with Gasteiger partial charge in [-0.25, -0.2) is 0 Å². The van der Waals surface area contributed by atoms with Crippen LogP contribution in [0.15, 0.2) is 24.3 Å². The molecule has 0 aromatic heterocycles. The number of rotatable bonds is 8. The Hall–Kier alpha value is -1.59. The second-order valence-electron chi connectivity index (χ2n) is 8.36. The van der Waals surface area contributed by atoms with Gasteiger partial charge in [-0.1, -0.05) is 38.1 Å². The molecule has 1 aromatic carbocycles. The maximum atomic E-state index is 12.1. The largest absolute Gasteiger partial charge is 0.549 e. The summed E-state index contributed by atoms with van der Waals surface area (Å²) in [5, 5.41) is 12.1. The fourth-order valence-corrected chi connectivity index (χ4v) is 2.93. The average Bonchev–Trinajstić information content (AvgIpc) is 2.43. The first-order valence-corrected chi connectivity index (χ1v) is 8.64. The van der Waals surface area contributed by atoms with Crippen LogP contribution in [0.2, 0.25) is 0 Å². The highest BCUT2D eigenvalue weighted by molar-refractivity contribution is 5.85. The second-order valence-corrected chi connectivity index (χ2v) is 8.36. The minimum atomic E-state index is -1.42. The molecule has 2 atom stereocenters. The third-order valence-electron chi connectivity index (χ3n) is 4.29. The molecule has 26 heavy (non-hydrogen) atoms. The number of likely N-dealkylation sites (N-methyl/N-ethyl adjacent to an activating group) is 1. The van der Waals surface area contributed by atoms with Crippen molar-refractivity contribution in [2.45, 2.75) is 45.6 Å². The fourth-order valence-electron chi connectivity index (χ4n) is 2.93. The van der Waals surface area contributed by atoms with Gasteiger partial charge in [0.25, 0.3) is 0 Å². The Morgan fingerprint density at radius 2 is 1.65 bits per heavy atom. The molecule has 6 heteroatoms. The van der Waals surface area contributed by atoms with E-state index in [-0.39, 0.29) is 12.4 Å². The van der Waals surface area contributed by atoms with Gasteiger partial charge < -0.3 is 19.1 Å². The van der Waals surface area contributed by atoms with Gasteiger partial charge in [0.15, 0.2) is 6.10 Å². The summed E-state index contributed by atoms with van der Waals surface area (Å²) >= 11 is 0. The Morgan fingerprint density at radius 3 is 2.00 bits per heavy atom. The highest BCUT2D eigenvalue weighted by Crippen LogP contribution is 2.31. The lowest BCUT2D eigenvalue weighted by Crippen LogP contribution is -2.58. The van der Waals surface area contributed by atoms with E-state index in [1.165, 1.54) is 6.92 Å². The first-order valence-electron chi connectivity index (χ1n) is 8.64. The van der Waals surface area contributed by atoms with E-state index in [0.29, 0.717) is 22.5 Å². The molecule has 1 aromatic rings. The maximum absolute atomic E-state index is 12.1. The number of carboxylic acid groups (broad SMARTS) is 1. The number of carbonyl (C=O) groups is 2. The van der Waals surface area contributed by atoms with Gasteiger partial charge in [0.2, 0.25) is 0 Å². The van der Waals surface area contributed by atoms with Crippen LogP contribution < -0.4 is 5.11 Å². The van der Waals surface area contributed by atoms with Gasteiger partial charge in [0.1, 0.15) is 6.54 Å². The van der Waals surface area contributed by atoms with Crippen LogP contribution >= 0.6 is 12.4 Å². The third kappa shape index (κ3) is 6.61. The Labute approximate surface area is 163 Å². The molecule has 0 saturated carbocycles. The molecular formula is C20H32ClNO4. The third-order valence-corrected chi connectivity index (χ3v) is 4.29. The lowest BCUT2D eigenvalue weighted by atomic mass is 9.76. The number of quaternary nitrogens is 1. The van der Waals surface area contributed by atoms with Crippen LogP contribution in [-0.4, -0.2) is 50.2 Å². The number of nitrogens with zero attached hydrogens (tertiary/aromatic N) is 1. The van der Waals surface area contributed by atoms with E-state index in [1.807, 2.05) is 33.3 Å². The number of esters is 1. The smallest absolute Gasteiger partial charge is 0.303 e. The molecule has 0 amide bonds. The van der Waals surface area contributed by atoms with E-state index in [9.17, 15) is 14.7 Å². The van der Waals surface area contributed by atoms with Gasteiger partial charge in [0, 0.05) is 6.92 Å². The molecule has 0 N–H and O–H groups in total. The number of aliphatic carboxylic acids is 1.